The van der Waals surface area contributed by atoms with E-state index in [1.165, 1.54) is 5.56 Å². The third-order valence-corrected chi connectivity index (χ3v) is 5.65. The number of hydrogen-bond acceptors (Lipinski definition) is 3. The highest BCUT2D eigenvalue weighted by molar-refractivity contribution is 7.99. The average molecular weight is 339 g/mol. The predicted molar refractivity (Wildman–Crippen MR) is 93.4 cm³/mol. The van der Waals surface area contributed by atoms with Crippen LogP contribution in [0.15, 0.2) is 24.3 Å². The minimum absolute atomic E-state index is 0.177. The molecule has 0 saturated carbocycles. The summed E-state index contributed by atoms with van der Waals surface area (Å²) in [5.41, 5.74) is 1.23. The lowest BCUT2D eigenvalue weighted by Crippen LogP contribution is -2.47. The second kappa shape index (κ2) is 7.71. The fourth-order valence-corrected chi connectivity index (χ4v) is 4.45. The fraction of sp³-hybridized carbons (Fsp3) is 0.588. The number of carbonyl (C=O) groups is 1. The number of halogens is 1. The second-order valence-corrected chi connectivity index (χ2v) is 7.80. The summed E-state index contributed by atoms with van der Waals surface area (Å²) in [6.07, 6.45) is 2.15. The lowest BCUT2D eigenvalue weighted by molar-refractivity contribution is -0.137. The van der Waals surface area contributed by atoms with Gasteiger partial charge in [0.2, 0.25) is 5.91 Å². The summed E-state index contributed by atoms with van der Waals surface area (Å²) < 4.78 is 0. The van der Waals surface area contributed by atoms with Gasteiger partial charge in [-0.25, -0.2) is 0 Å². The Balaban J connectivity index is 1.57. The van der Waals surface area contributed by atoms with Gasteiger partial charge in [-0.15, -0.1) is 0 Å². The SMILES string of the molecule is O=C(C1CCCN(Cc2cccc(Cl)c2)C1)N1CCSCC1. The molecule has 120 valence electrons. The first kappa shape index (κ1) is 16.2. The molecular weight excluding hydrogens is 316 g/mol. The summed E-state index contributed by atoms with van der Waals surface area (Å²) in [6.45, 7) is 4.70. The Morgan fingerprint density at radius 1 is 1.27 bits per heavy atom. The van der Waals surface area contributed by atoms with Gasteiger partial charge in [-0.1, -0.05) is 23.7 Å². The Labute approximate surface area is 142 Å². The highest BCUT2D eigenvalue weighted by Gasteiger charge is 2.29. The molecule has 2 aliphatic heterocycles. The van der Waals surface area contributed by atoms with Gasteiger partial charge in [0, 0.05) is 42.7 Å². The molecule has 1 aromatic carbocycles. The molecule has 0 bridgehead atoms. The zero-order valence-corrected chi connectivity index (χ0v) is 14.4. The quantitative estimate of drug-likeness (QED) is 0.846. The largest absolute Gasteiger partial charge is 0.341 e. The van der Waals surface area contributed by atoms with Crippen LogP contribution < -0.4 is 0 Å². The van der Waals surface area contributed by atoms with Crippen LogP contribution in [-0.2, 0) is 11.3 Å². The van der Waals surface area contributed by atoms with Crippen LogP contribution in [0.2, 0.25) is 5.02 Å². The van der Waals surface area contributed by atoms with Crippen molar-refractivity contribution in [2.45, 2.75) is 19.4 Å². The topological polar surface area (TPSA) is 23.6 Å². The number of piperidine rings is 1. The normalized spacial score (nSPS) is 23.5. The summed E-state index contributed by atoms with van der Waals surface area (Å²) in [5, 5.41) is 0.785. The maximum Gasteiger partial charge on any atom is 0.227 e. The number of benzene rings is 1. The molecule has 2 saturated heterocycles. The van der Waals surface area contributed by atoms with E-state index >= 15 is 0 Å². The molecule has 0 spiro atoms. The highest BCUT2D eigenvalue weighted by atomic mass is 35.5. The molecule has 1 aromatic rings. The van der Waals surface area contributed by atoms with Crippen molar-refractivity contribution >= 4 is 29.3 Å². The lowest BCUT2D eigenvalue weighted by atomic mass is 9.96. The molecule has 3 nitrogen and oxygen atoms in total. The molecule has 0 N–H and O–H groups in total. The van der Waals surface area contributed by atoms with Crippen molar-refractivity contribution in [3.8, 4) is 0 Å². The van der Waals surface area contributed by atoms with E-state index in [9.17, 15) is 4.79 Å². The van der Waals surface area contributed by atoms with Crippen molar-refractivity contribution in [1.82, 2.24) is 9.80 Å². The summed E-state index contributed by atoms with van der Waals surface area (Å²) in [6, 6.07) is 8.03. The molecular formula is C17H23ClN2OS. The highest BCUT2D eigenvalue weighted by Crippen LogP contribution is 2.23. The Kier molecular flexibility index (Phi) is 5.66. The fourth-order valence-electron chi connectivity index (χ4n) is 3.34. The van der Waals surface area contributed by atoms with Crippen molar-refractivity contribution < 1.29 is 4.79 Å². The number of likely N-dealkylation sites (tertiary alicyclic amines) is 1. The molecule has 0 aliphatic carbocycles. The number of hydrogen-bond donors (Lipinski definition) is 0. The zero-order valence-electron chi connectivity index (χ0n) is 12.8. The summed E-state index contributed by atoms with van der Waals surface area (Å²) >= 11 is 8.01. The van der Waals surface area contributed by atoms with Gasteiger partial charge in [0.1, 0.15) is 0 Å². The van der Waals surface area contributed by atoms with Crippen molar-refractivity contribution in [3.63, 3.8) is 0 Å². The first-order valence-corrected chi connectivity index (χ1v) is 9.59. The summed E-state index contributed by atoms with van der Waals surface area (Å²) in [4.78, 5) is 17.1. The predicted octanol–water partition coefficient (Wildman–Crippen LogP) is 3.13. The average Bonchev–Trinajstić information content (AvgIpc) is 2.55. The molecule has 1 amide bonds. The molecule has 1 unspecified atom stereocenters. The van der Waals surface area contributed by atoms with E-state index in [4.69, 9.17) is 11.6 Å². The maximum absolute atomic E-state index is 12.7. The van der Waals surface area contributed by atoms with E-state index in [2.05, 4.69) is 15.9 Å². The van der Waals surface area contributed by atoms with Crippen LogP contribution in [-0.4, -0.2) is 53.4 Å². The molecule has 0 radical (unpaired) electrons. The molecule has 2 fully saturated rings. The van der Waals surface area contributed by atoms with Crippen LogP contribution in [0.3, 0.4) is 0 Å². The number of rotatable bonds is 3. The van der Waals surface area contributed by atoms with Gasteiger partial charge < -0.3 is 4.90 Å². The molecule has 2 heterocycles. The van der Waals surface area contributed by atoms with E-state index in [0.29, 0.717) is 5.91 Å². The molecule has 2 aliphatic rings. The Hall–Kier alpha value is -0.710. The van der Waals surface area contributed by atoms with Crippen LogP contribution in [0.1, 0.15) is 18.4 Å². The third kappa shape index (κ3) is 4.18. The monoisotopic (exact) mass is 338 g/mol. The molecule has 3 rings (SSSR count). The first-order chi connectivity index (χ1) is 10.7. The Morgan fingerprint density at radius 2 is 2.09 bits per heavy atom. The second-order valence-electron chi connectivity index (χ2n) is 6.14. The van der Waals surface area contributed by atoms with Crippen LogP contribution in [0.4, 0.5) is 0 Å². The van der Waals surface area contributed by atoms with Gasteiger partial charge in [-0.3, -0.25) is 9.69 Å². The van der Waals surface area contributed by atoms with Crippen LogP contribution >= 0.6 is 23.4 Å². The van der Waals surface area contributed by atoms with Crippen LogP contribution in [0.5, 0.6) is 0 Å². The van der Waals surface area contributed by atoms with Gasteiger partial charge in [-0.05, 0) is 37.1 Å². The Morgan fingerprint density at radius 3 is 2.86 bits per heavy atom. The van der Waals surface area contributed by atoms with Crippen LogP contribution in [0.25, 0.3) is 0 Å². The minimum atomic E-state index is 0.177. The number of carbonyl (C=O) groups excluding carboxylic acids is 1. The van der Waals surface area contributed by atoms with E-state index in [1.54, 1.807) is 0 Å². The van der Waals surface area contributed by atoms with Gasteiger partial charge in [0.25, 0.3) is 0 Å². The van der Waals surface area contributed by atoms with Crippen molar-refractivity contribution in [3.05, 3.63) is 34.9 Å². The molecule has 0 aromatic heterocycles. The summed E-state index contributed by atoms with van der Waals surface area (Å²) in [5.74, 6) is 2.72. The van der Waals surface area contributed by atoms with E-state index in [1.807, 2.05) is 30.0 Å². The van der Waals surface area contributed by atoms with Gasteiger partial charge in [-0.2, -0.15) is 11.8 Å². The van der Waals surface area contributed by atoms with E-state index in [-0.39, 0.29) is 5.92 Å². The first-order valence-electron chi connectivity index (χ1n) is 8.06. The van der Waals surface area contributed by atoms with Gasteiger partial charge in [0.15, 0.2) is 0 Å². The van der Waals surface area contributed by atoms with Gasteiger partial charge in [0.05, 0.1) is 5.92 Å². The maximum atomic E-state index is 12.7. The Bertz CT molecular complexity index is 519. The van der Waals surface area contributed by atoms with Gasteiger partial charge >= 0.3 is 0 Å². The van der Waals surface area contributed by atoms with Crippen molar-refractivity contribution in [2.24, 2.45) is 5.92 Å². The smallest absolute Gasteiger partial charge is 0.227 e. The number of amides is 1. The van der Waals surface area contributed by atoms with Crippen LogP contribution in [0, 0.1) is 5.92 Å². The lowest BCUT2D eigenvalue weighted by Gasteiger charge is -2.36. The van der Waals surface area contributed by atoms with E-state index in [0.717, 1.165) is 62.1 Å². The standard InChI is InChI=1S/C17H23ClN2OS/c18-16-5-1-3-14(11-16)12-19-6-2-4-15(13-19)17(21)20-7-9-22-10-8-20/h1,3,5,11,15H,2,4,6-10,12-13H2. The van der Waals surface area contributed by atoms with Crippen molar-refractivity contribution in [2.75, 3.05) is 37.7 Å². The molecule has 1 atom stereocenters. The van der Waals surface area contributed by atoms with Crippen molar-refractivity contribution in [1.29, 1.82) is 0 Å². The number of thioether (sulfide) groups is 1. The molecule has 22 heavy (non-hydrogen) atoms. The summed E-state index contributed by atoms with van der Waals surface area (Å²) in [7, 11) is 0. The third-order valence-electron chi connectivity index (χ3n) is 4.47. The van der Waals surface area contributed by atoms with E-state index < -0.39 is 0 Å². The zero-order chi connectivity index (χ0) is 15.4. The molecule has 5 heteroatoms. The number of nitrogens with zero attached hydrogens (tertiary/aromatic N) is 2. The minimum Gasteiger partial charge on any atom is -0.341 e.